The predicted octanol–water partition coefficient (Wildman–Crippen LogP) is 4.53. The molecule has 0 saturated heterocycles. The van der Waals surface area contributed by atoms with E-state index in [-0.39, 0.29) is 0 Å². The van der Waals surface area contributed by atoms with Crippen molar-refractivity contribution in [3.05, 3.63) is 0 Å². The minimum absolute atomic E-state index is 0.406. The third-order valence-electron chi connectivity index (χ3n) is 4.79. The van der Waals surface area contributed by atoms with Gasteiger partial charge in [-0.25, -0.2) is 0 Å². The number of halogens is 1. The second kappa shape index (κ2) is 4.97. The lowest BCUT2D eigenvalue weighted by Gasteiger charge is -2.56. The van der Waals surface area contributed by atoms with Crippen LogP contribution in [0.5, 0.6) is 0 Å². The fraction of sp³-hybridized carbons (Fsp3) is 1.00. The highest BCUT2D eigenvalue weighted by atomic mass is 79.9. The Hall–Kier alpha value is 0.440. The lowest BCUT2D eigenvalue weighted by Crippen LogP contribution is -2.57. The van der Waals surface area contributed by atoms with Crippen molar-refractivity contribution in [2.45, 2.75) is 76.3 Å². The molecule has 0 bridgehead atoms. The van der Waals surface area contributed by atoms with Crippen molar-refractivity contribution in [3.63, 3.8) is 0 Å². The van der Waals surface area contributed by atoms with Gasteiger partial charge in [0, 0.05) is 10.2 Å². The summed E-state index contributed by atoms with van der Waals surface area (Å²) in [6.45, 7) is 6.73. The molecule has 0 aromatic heterocycles. The first-order chi connectivity index (χ1) is 7.56. The zero-order valence-electron chi connectivity index (χ0n) is 10.8. The summed E-state index contributed by atoms with van der Waals surface area (Å²) in [5.74, 6) is 0.634. The molecule has 1 spiro atoms. The Morgan fingerprint density at radius 3 is 2.25 bits per heavy atom. The van der Waals surface area contributed by atoms with Gasteiger partial charge in [0.15, 0.2) is 0 Å². The second-order valence-electron chi connectivity index (χ2n) is 6.07. The molecule has 2 saturated carbocycles. The Labute approximate surface area is 108 Å². The third kappa shape index (κ3) is 2.20. The van der Waals surface area contributed by atoms with Crippen molar-refractivity contribution in [3.8, 4) is 0 Å². The molecule has 0 amide bonds. The molecule has 1 nitrogen and oxygen atoms in total. The smallest absolute Gasteiger partial charge is 0.0656 e. The van der Waals surface area contributed by atoms with Crippen LogP contribution >= 0.6 is 15.9 Å². The molecule has 0 heterocycles. The Morgan fingerprint density at radius 1 is 1.12 bits per heavy atom. The van der Waals surface area contributed by atoms with Crippen LogP contribution in [0.2, 0.25) is 0 Å². The number of alkyl halides is 1. The average Bonchev–Trinajstić information content (AvgIpc) is 2.29. The van der Waals surface area contributed by atoms with Gasteiger partial charge in [-0.1, -0.05) is 49.0 Å². The fourth-order valence-electron chi connectivity index (χ4n) is 3.15. The van der Waals surface area contributed by atoms with E-state index in [1.165, 1.54) is 38.5 Å². The van der Waals surface area contributed by atoms with Gasteiger partial charge in [-0.15, -0.1) is 0 Å². The first-order valence-electron chi connectivity index (χ1n) is 6.86. The van der Waals surface area contributed by atoms with Crippen molar-refractivity contribution in [1.29, 1.82) is 0 Å². The van der Waals surface area contributed by atoms with Gasteiger partial charge in [-0.05, 0) is 32.1 Å². The molecule has 16 heavy (non-hydrogen) atoms. The minimum atomic E-state index is 0.406. The van der Waals surface area contributed by atoms with Gasteiger partial charge in [-0.2, -0.15) is 0 Å². The lowest BCUT2D eigenvalue weighted by atomic mass is 9.58. The quantitative estimate of drug-likeness (QED) is 0.693. The van der Waals surface area contributed by atoms with Gasteiger partial charge in [0.2, 0.25) is 0 Å². The molecule has 0 aromatic rings. The Balaban J connectivity index is 1.95. The van der Waals surface area contributed by atoms with E-state index in [1.54, 1.807) is 0 Å². The van der Waals surface area contributed by atoms with Crippen LogP contribution in [-0.2, 0) is 4.74 Å². The summed E-state index contributed by atoms with van der Waals surface area (Å²) in [5.41, 5.74) is 0.488. The van der Waals surface area contributed by atoms with E-state index >= 15 is 0 Å². The average molecular weight is 289 g/mol. The lowest BCUT2D eigenvalue weighted by molar-refractivity contribution is -0.154. The molecule has 0 N–H and O–H groups in total. The fourth-order valence-corrected chi connectivity index (χ4v) is 4.24. The van der Waals surface area contributed by atoms with Crippen LogP contribution in [-0.4, -0.2) is 17.0 Å². The van der Waals surface area contributed by atoms with Gasteiger partial charge in [-0.3, -0.25) is 0 Å². The van der Waals surface area contributed by atoms with Crippen molar-refractivity contribution in [2.24, 2.45) is 11.3 Å². The van der Waals surface area contributed by atoms with Gasteiger partial charge in [0.1, 0.15) is 0 Å². The van der Waals surface area contributed by atoms with Gasteiger partial charge in [0.25, 0.3) is 0 Å². The van der Waals surface area contributed by atoms with E-state index in [4.69, 9.17) is 4.74 Å². The predicted molar refractivity (Wildman–Crippen MR) is 72.0 cm³/mol. The number of hydrogen-bond acceptors (Lipinski definition) is 1. The van der Waals surface area contributed by atoms with Gasteiger partial charge >= 0.3 is 0 Å². The topological polar surface area (TPSA) is 9.23 Å². The Kier molecular flexibility index (Phi) is 4.01. The van der Waals surface area contributed by atoms with Crippen LogP contribution in [0.1, 0.15) is 59.3 Å². The van der Waals surface area contributed by atoms with Crippen LogP contribution in [0.25, 0.3) is 0 Å². The van der Waals surface area contributed by atoms with Crippen molar-refractivity contribution >= 4 is 15.9 Å². The van der Waals surface area contributed by atoms with Gasteiger partial charge < -0.3 is 4.74 Å². The van der Waals surface area contributed by atoms with E-state index in [0.29, 0.717) is 28.4 Å². The summed E-state index contributed by atoms with van der Waals surface area (Å²) >= 11 is 3.87. The SMILES string of the molecule is CC(C)C(C)OC1CC(Br)C12CCCCC2. The summed E-state index contributed by atoms with van der Waals surface area (Å²) < 4.78 is 6.28. The molecule has 94 valence electrons. The zero-order valence-corrected chi connectivity index (χ0v) is 12.4. The molecule has 2 heteroatoms. The molecule has 3 unspecified atom stereocenters. The molecule has 2 fully saturated rings. The van der Waals surface area contributed by atoms with Crippen molar-refractivity contribution in [2.75, 3.05) is 0 Å². The highest BCUT2D eigenvalue weighted by molar-refractivity contribution is 9.09. The van der Waals surface area contributed by atoms with Crippen LogP contribution in [0.4, 0.5) is 0 Å². The van der Waals surface area contributed by atoms with E-state index in [0.717, 1.165) is 0 Å². The number of rotatable bonds is 3. The third-order valence-corrected chi connectivity index (χ3v) is 6.07. The Bertz CT molecular complexity index is 233. The molecule has 3 atom stereocenters. The highest BCUT2D eigenvalue weighted by Gasteiger charge is 2.54. The molecule has 0 aliphatic heterocycles. The molecule has 0 radical (unpaired) electrons. The first-order valence-corrected chi connectivity index (χ1v) is 7.77. The summed E-state index contributed by atoms with van der Waals surface area (Å²) in [6, 6.07) is 0. The maximum absolute atomic E-state index is 6.28. The maximum atomic E-state index is 6.28. The van der Waals surface area contributed by atoms with Gasteiger partial charge in [0.05, 0.1) is 12.2 Å². The highest BCUT2D eigenvalue weighted by Crippen LogP contribution is 2.56. The normalized spacial score (nSPS) is 35.1. The molecule has 2 aliphatic rings. The summed E-state index contributed by atoms with van der Waals surface area (Å²) in [5, 5.41) is 0. The summed E-state index contributed by atoms with van der Waals surface area (Å²) in [6.07, 6.45) is 9.12. The van der Waals surface area contributed by atoms with Crippen molar-refractivity contribution < 1.29 is 4.74 Å². The standard InChI is InChI=1S/C14H25BrO/c1-10(2)11(3)16-13-9-12(15)14(13)7-5-4-6-8-14/h10-13H,4-9H2,1-3H3. The van der Waals surface area contributed by atoms with Crippen molar-refractivity contribution in [1.82, 2.24) is 0 Å². The molecule has 2 aliphatic carbocycles. The van der Waals surface area contributed by atoms with Crippen LogP contribution in [0, 0.1) is 11.3 Å². The number of hydrogen-bond donors (Lipinski definition) is 0. The summed E-state index contributed by atoms with van der Waals surface area (Å²) in [7, 11) is 0. The summed E-state index contributed by atoms with van der Waals surface area (Å²) in [4.78, 5) is 0.713. The van der Waals surface area contributed by atoms with Crippen LogP contribution < -0.4 is 0 Å². The second-order valence-corrected chi connectivity index (χ2v) is 7.18. The first kappa shape index (κ1) is 12.9. The number of ether oxygens (including phenoxy) is 1. The monoisotopic (exact) mass is 288 g/mol. The maximum Gasteiger partial charge on any atom is 0.0656 e. The van der Waals surface area contributed by atoms with E-state index < -0.39 is 0 Å². The van der Waals surface area contributed by atoms with E-state index in [9.17, 15) is 0 Å². The molecule has 2 rings (SSSR count). The largest absolute Gasteiger partial charge is 0.374 e. The molecule has 0 aromatic carbocycles. The molecular formula is C14H25BrO. The molecular weight excluding hydrogens is 264 g/mol. The minimum Gasteiger partial charge on any atom is -0.374 e. The zero-order chi connectivity index (χ0) is 11.8. The van der Waals surface area contributed by atoms with E-state index in [1.807, 2.05) is 0 Å². The van der Waals surface area contributed by atoms with Crippen LogP contribution in [0.15, 0.2) is 0 Å². The van der Waals surface area contributed by atoms with Crippen LogP contribution in [0.3, 0.4) is 0 Å². The van der Waals surface area contributed by atoms with E-state index in [2.05, 4.69) is 36.7 Å². The Morgan fingerprint density at radius 2 is 1.75 bits per heavy atom.